The van der Waals surface area contributed by atoms with Crippen LogP contribution in [0.25, 0.3) is 22.2 Å². The predicted molar refractivity (Wildman–Crippen MR) is 123 cm³/mol. The summed E-state index contributed by atoms with van der Waals surface area (Å²) in [5.74, 6) is -0.198. The van der Waals surface area contributed by atoms with Crippen LogP contribution in [-0.4, -0.2) is 59.0 Å². The van der Waals surface area contributed by atoms with Gasteiger partial charge in [-0.05, 0) is 42.9 Å². The van der Waals surface area contributed by atoms with E-state index in [4.69, 9.17) is 0 Å². The Morgan fingerprint density at radius 1 is 1.03 bits per heavy atom. The molecule has 0 bridgehead atoms. The smallest absolute Gasteiger partial charge is 0.257 e. The number of rotatable bonds is 4. The van der Waals surface area contributed by atoms with Crippen molar-refractivity contribution in [3.05, 3.63) is 72.8 Å². The zero-order valence-electron chi connectivity index (χ0n) is 17.4. The Bertz CT molecular complexity index is 1190. The Kier molecular flexibility index (Phi) is 5.09. The monoisotopic (exact) mass is 412 g/mol. The van der Waals surface area contributed by atoms with Gasteiger partial charge in [-0.3, -0.25) is 9.78 Å². The van der Waals surface area contributed by atoms with Gasteiger partial charge in [0.15, 0.2) is 0 Å². The average molecular weight is 412 g/mol. The van der Waals surface area contributed by atoms with Crippen molar-refractivity contribution in [1.82, 2.24) is 19.9 Å². The highest BCUT2D eigenvalue weighted by atomic mass is 16.1. The van der Waals surface area contributed by atoms with Crippen LogP contribution in [0, 0.1) is 0 Å². The number of anilines is 2. The predicted octanol–water partition coefficient (Wildman–Crippen LogP) is 3.63. The van der Waals surface area contributed by atoms with Crippen LogP contribution in [0.15, 0.2) is 67.3 Å². The summed E-state index contributed by atoms with van der Waals surface area (Å²) in [5.41, 5.74) is 5.30. The van der Waals surface area contributed by atoms with Crippen molar-refractivity contribution in [1.29, 1.82) is 0 Å². The van der Waals surface area contributed by atoms with Gasteiger partial charge in [0.05, 0.1) is 11.3 Å². The molecule has 156 valence electrons. The lowest BCUT2D eigenvalue weighted by atomic mass is 10.1. The summed E-state index contributed by atoms with van der Waals surface area (Å²) in [6, 6.07) is 14.2. The van der Waals surface area contributed by atoms with Gasteiger partial charge in [0.2, 0.25) is 0 Å². The van der Waals surface area contributed by atoms with Crippen molar-refractivity contribution < 1.29 is 4.79 Å². The highest BCUT2D eigenvalue weighted by molar-refractivity contribution is 6.08. The van der Waals surface area contributed by atoms with E-state index < -0.39 is 0 Å². The number of hydrogen-bond donors (Lipinski definition) is 2. The number of nitrogens with one attached hydrogen (secondary N) is 2. The summed E-state index contributed by atoms with van der Waals surface area (Å²) in [5, 5.41) is 3.83. The standard InChI is InChI=1S/C24H24N6O/c1-29-9-11-30(12-10-29)20-6-4-17(5-7-20)19-13-21-22(16-27-23(21)26-15-19)28-24(31)18-3-2-8-25-14-18/h2-8,13-16H,9-12H2,1H3,(H,26,27)(H,28,31). The number of piperazine rings is 1. The molecule has 1 fully saturated rings. The van der Waals surface area contributed by atoms with E-state index in [0.717, 1.165) is 48.3 Å². The van der Waals surface area contributed by atoms with Crippen LogP contribution in [0.5, 0.6) is 0 Å². The molecule has 7 nitrogen and oxygen atoms in total. The van der Waals surface area contributed by atoms with E-state index in [1.54, 1.807) is 30.7 Å². The highest BCUT2D eigenvalue weighted by Gasteiger charge is 2.15. The summed E-state index contributed by atoms with van der Waals surface area (Å²) < 4.78 is 0. The fraction of sp³-hybridized carbons (Fsp3) is 0.208. The molecule has 3 aromatic heterocycles. The first kappa shape index (κ1) is 19.3. The van der Waals surface area contributed by atoms with Crippen LogP contribution >= 0.6 is 0 Å². The molecule has 1 saturated heterocycles. The number of aromatic amines is 1. The molecule has 4 aromatic rings. The van der Waals surface area contributed by atoms with E-state index in [1.807, 2.05) is 6.20 Å². The van der Waals surface area contributed by atoms with Crippen LogP contribution in [0.2, 0.25) is 0 Å². The second kappa shape index (κ2) is 8.20. The number of pyridine rings is 2. The number of nitrogens with zero attached hydrogens (tertiary/aromatic N) is 4. The van der Waals surface area contributed by atoms with E-state index in [2.05, 4.69) is 67.4 Å². The van der Waals surface area contributed by atoms with Gasteiger partial charge >= 0.3 is 0 Å². The molecule has 7 heteroatoms. The first-order valence-corrected chi connectivity index (χ1v) is 10.4. The molecule has 0 saturated carbocycles. The minimum absolute atomic E-state index is 0.198. The molecule has 31 heavy (non-hydrogen) atoms. The molecular formula is C24H24N6O. The van der Waals surface area contributed by atoms with Crippen LogP contribution < -0.4 is 10.2 Å². The molecule has 0 spiro atoms. The number of H-pyrrole nitrogens is 1. The minimum atomic E-state index is -0.198. The van der Waals surface area contributed by atoms with Gasteiger partial charge in [-0.2, -0.15) is 0 Å². The number of carbonyl (C=O) groups excluding carboxylic acids is 1. The van der Waals surface area contributed by atoms with Crippen LogP contribution in [0.3, 0.4) is 0 Å². The molecule has 4 heterocycles. The molecule has 0 unspecified atom stereocenters. The zero-order valence-corrected chi connectivity index (χ0v) is 17.4. The number of fused-ring (bicyclic) bond motifs is 1. The number of amides is 1. The Labute approximate surface area is 180 Å². The van der Waals surface area contributed by atoms with Gasteiger partial charge in [0.25, 0.3) is 5.91 Å². The molecule has 5 rings (SSSR count). The van der Waals surface area contributed by atoms with Gasteiger partial charge < -0.3 is 20.1 Å². The first-order valence-electron chi connectivity index (χ1n) is 10.4. The quantitative estimate of drug-likeness (QED) is 0.535. The highest BCUT2D eigenvalue weighted by Crippen LogP contribution is 2.29. The largest absolute Gasteiger partial charge is 0.369 e. The van der Waals surface area contributed by atoms with E-state index >= 15 is 0 Å². The van der Waals surface area contributed by atoms with Crippen molar-refractivity contribution >= 4 is 28.3 Å². The topological polar surface area (TPSA) is 77.1 Å². The molecule has 2 N–H and O–H groups in total. The fourth-order valence-electron chi connectivity index (χ4n) is 3.89. The molecule has 0 aliphatic carbocycles. The Balaban J connectivity index is 1.38. The van der Waals surface area contributed by atoms with Crippen molar-refractivity contribution in [2.24, 2.45) is 0 Å². The minimum Gasteiger partial charge on any atom is -0.369 e. The van der Waals surface area contributed by atoms with Gasteiger partial charge in [-0.25, -0.2) is 4.98 Å². The molecule has 0 atom stereocenters. The van der Waals surface area contributed by atoms with Crippen molar-refractivity contribution in [3.63, 3.8) is 0 Å². The van der Waals surface area contributed by atoms with E-state index in [-0.39, 0.29) is 5.91 Å². The third-order valence-corrected chi connectivity index (χ3v) is 5.77. The number of hydrogen-bond acceptors (Lipinski definition) is 5. The Morgan fingerprint density at radius 2 is 1.84 bits per heavy atom. The lowest BCUT2D eigenvalue weighted by molar-refractivity contribution is 0.102. The van der Waals surface area contributed by atoms with Crippen LogP contribution in [0.4, 0.5) is 11.4 Å². The van der Waals surface area contributed by atoms with Gasteiger partial charge in [0.1, 0.15) is 5.65 Å². The maximum atomic E-state index is 12.5. The fourth-order valence-corrected chi connectivity index (χ4v) is 3.89. The van der Waals surface area contributed by atoms with Crippen LogP contribution in [0.1, 0.15) is 10.4 Å². The number of carbonyl (C=O) groups is 1. The lowest BCUT2D eigenvalue weighted by Gasteiger charge is -2.34. The molecule has 1 aromatic carbocycles. The van der Waals surface area contributed by atoms with Crippen molar-refractivity contribution in [2.45, 2.75) is 0 Å². The molecule has 1 amide bonds. The number of aromatic nitrogens is 3. The van der Waals surface area contributed by atoms with E-state index in [0.29, 0.717) is 11.3 Å². The van der Waals surface area contributed by atoms with Gasteiger partial charge in [-0.1, -0.05) is 12.1 Å². The normalized spacial score (nSPS) is 14.7. The Morgan fingerprint density at radius 3 is 2.58 bits per heavy atom. The maximum Gasteiger partial charge on any atom is 0.257 e. The SMILES string of the molecule is CN1CCN(c2ccc(-c3cnc4[nH]cc(NC(=O)c5cccnc5)c4c3)cc2)CC1. The summed E-state index contributed by atoms with van der Waals surface area (Å²) in [4.78, 5) is 29.0. The number of likely N-dealkylation sites (N-methyl/N-ethyl adjacent to an activating group) is 1. The Hall–Kier alpha value is -3.71. The maximum absolute atomic E-state index is 12.5. The third kappa shape index (κ3) is 4.00. The van der Waals surface area contributed by atoms with E-state index in [1.165, 1.54) is 5.69 Å². The molecule has 1 aliphatic rings. The average Bonchev–Trinajstić information content (AvgIpc) is 3.22. The van der Waals surface area contributed by atoms with Crippen molar-refractivity contribution in [3.8, 4) is 11.1 Å². The lowest BCUT2D eigenvalue weighted by Crippen LogP contribution is -2.44. The molecule has 0 radical (unpaired) electrons. The van der Waals surface area contributed by atoms with Gasteiger partial charge in [-0.15, -0.1) is 0 Å². The van der Waals surface area contributed by atoms with Crippen LogP contribution in [-0.2, 0) is 0 Å². The molecule has 1 aliphatic heterocycles. The number of benzene rings is 1. The summed E-state index contributed by atoms with van der Waals surface area (Å²) in [7, 11) is 2.16. The zero-order chi connectivity index (χ0) is 21.2. The third-order valence-electron chi connectivity index (χ3n) is 5.77. The summed E-state index contributed by atoms with van der Waals surface area (Å²) in [6.07, 6.45) is 6.83. The van der Waals surface area contributed by atoms with Crippen molar-refractivity contribution in [2.75, 3.05) is 43.4 Å². The molecular weight excluding hydrogens is 388 g/mol. The van der Waals surface area contributed by atoms with Gasteiger partial charge in [0, 0.05) is 67.6 Å². The second-order valence-electron chi connectivity index (χ2n) is 7.86. The summed E-state index contributed by atoms with van der Waals surface area (Å²) in [6.45, 7) is 4.27. The summed E-state index contributed by atoms with van der Waals surface area (Å²) >= 11 is 0. The second-order valence-corrected chi connectivity index (χ2v) is 7.86. The first-order chi connectivity index (χ1) is 15.2. The van der Waals surface area contributed by atoms with E-state index in [9.17, 15) is 4.79 Å².